The van der Waals surface area contributed by atoms with Crippen molar-refractivity contribution < 1.29 is 45.7 Å². The molecule has 5 rings (SSSR count). The van der Waals surface area contributed by atoms with Crippen LogP contribution in [0.4, 0.5) is 5.69 Å². The fraction of sp³-hybridized carbons (Fsp3) is 0.194. The Kier molecular flexibility index (Phi) is 10.1. The van der Waals surface area contributed by atoms with Gasteiger partial charge in [-0.25, -0.2) is 0 Å². The highest BCUT2D eigenvalue weighted by Gasteiger charge is 2.45. The van der Waals surface area contributed by atoms with Crippen LogP contribution in [0, 0.1) is 0 Å². The van der Waals surface area contributed by atoms with Gasteiger partial charge in [0.1, 0.15) is 40.4 Å². The zero-order valence-electron chi connectivity index (χ0n) is 23.2. The molecule has 1 amide bonds. The number of carbonyl (C=O) groups excluding carboxylic acids is 1. The molecule has 10 heteroatoms. The first-order chi connectivity index (χ1) is 19.5. The summed E-state index contributed by atoms with van der Waals surface area (Å²) in [6.07, 6.45) is 0.883. The Morgan fingerprint density at radius 2 is 1.27 bits per heavy atom. The lowest BCUT2D eigenvalue weighted by Crippen LogP contribution is -3.00. The Morgan fingerprint density at radius 3 is 1.71 bits per heavy atom. The van der Waals surface area contributed by atoms with Crippen molar-refractivity contribution in [3.05, 3.63) is 96.6 Å². The predicted molar refractivity (Wildman–Crippen MR) is 162 cm³/mol. The number of fused-ring (bicyclic) bond motifs is 1. The lowest BCUT2D eigenvalue weighted by Gasteiger charge is -2.28. The van der Waals surface area contributed by atoms with Gasteiger partial charge in [-0.2, -0.15) is 0 Å². The highest BCUT2D eigenvalue weighted by Crippen LogP contribution is 2.56. The predicted octanol–water partition coefficient (Wildman–Crippen LogP) is 0.257. The van der Waals surface area contributed by atoms with Crippen LogP contribution in [0.1, 0.15) is 12.0 Å². The largest absolute Gasteiger partial charge is 1.00 e. The van der Waals surface area contributed by atoms with Crippen molar-refractivity contribution in [1.29, 1.82) is 0 Å². The molecule has 0 bridgehead atoms. The lowest BCUT2D eigenvalue weighted by atomic mass is 9.79. The molecule has 41 heavy (non-hydrogen) atoms. The molecule has 4 aromatic rings. The molecule has 0 saturated carbocycles. The highest BCUT2D eigenvalue weighted by atomic mass is 79.9. The van der Waals surface area contributed by atoms with Gasteiger partial charge >= 0.3 is 7.12 Å². The SMILES string of the molecule is COc1ccc([P+](CCC(=O)Nc2ccc3c(c2)B(O)OC3)(c2ccc(OC)cc2)c2ccc(OC)cc2)cc1.[Br-]. The summed E-state index contributed by atoms with van der Waals surface area (Å²) in [5, 5.41) is 16.5. The molecule has 1 aliphatic heterocycles. The van der Waals surface area contributed by atoms with Crippen molar-refractivity contribution in [2.75, 3.05) is 32.8 Å². The number of hydrogen-bond acceptors (Lipinski definition) is 6. The molecule has 0 unspecified atom stereocenters. The summed E-state index contributed by atoms with van der Waals surface area (Å²) < 4.78 is 21.6. The van der Waals surface area contributed by atoms with Crippen LogP contribution in [0.5, 0.6) is 17.2 Å². The molecule has 2 N–H and O–H groups in total. The molecule has 7 nitrogen and oxygen atoms in total. The summed E-state index contributed by atoms with van der Waals surface area (Å²) in [7, 11) is 1.67. The summed E-state index contributed by atoms with van der Waals surface area (Å²) >= 11 is 0. The quantitative estimate of drug-likeness (QED) is 0.192. The van der Waals surface area contributed by atoms with Crippen LogP contribution in [0.2, 0.25) is 0 Å². The van der Waals surface area contributed by atoms with E-state index in [4.69, 9.17) is 18.9 Å². The van der Waals surface area contributed by atoms with Crippen molar-refractivity contribution in [3.8, 4) is 17.2 Å². The number of anilines is 1. The van der Waals surface area contributed by atoms with E-state index in [-0.39, 0.29) is 29.3 Å². The van der Waals surface area contributed by atoms with Gasteiger partial charge in [0.2, 0.25) is 5.91 Å². The van der Waals surface area contributed by atoms with Gasteiger partial charge in [-0.05, 0) is 96.0 Å². The zero-order valence-corrected chi connectivity index (χ0v) is 25.7. The van der Waals surface area contributed by atoms with Crippen molar-refractivity contribution in [2.45, 2.75) is 13.0 Å². The number of hydrogen-bond donors (Lipinski definition) is 2. The maximum absolute atomic E-state index is 13.4. The van der Waals surface area contributed by atoms with Crippen LogP contribution >= 0.6 is 7.26 Å². The molecule has 4 aromatic carbocycles. The van der Waals surface area contributed by atoms with E-state index in [1.165, 1.54) is 0 Å². The number of nitrogens with one attached hydrogen (secondary N) is 1. The highest BCUT2D eigenvalue weighted by molar-refractivity contribution is 7.95. The first-order valence-corrected chi connectivity index (χ1v) is 15.0. The number of carbonyl (C=O) groups is 1. The third-order valence-electron chi connectivity index (χ3n) is 7.31. The van der Waals surface area contributed by atoms with Gasteiger partial charge in [0.25, 0.3) is 0 Å². The first kappa shape index (κ1) is 30.6. The Morgan fingerprint density at radius 1 is 0.805 bits per heavy atom. The third-order valence-corrected chi connectivity index (χ3v) is 11.7. The average Bonchev–Trinajstić information content (AvgIpc) is 3.38. The number of benzene rings is 4. The van der Waals surface area contributed by atoms with E-state index < -0.39 is 14.4 Å². The molecule has 0 aliphatic carbocycles. The van der Waals surface area contributed by atoms with Gasteiger partial charge in [0.15, 0.2) is 0 Å². The second kappa shape index (κ2) is 13.5. The molecule has 0 saturated heterocycles. The van der Waals surface area contributed by atoms with E-state index in [1.807, 2.05) is 48.5 Å². The van der Waals surface area contributed by atoms with Crippen LogP contribution in [0.3, 0.4) is 0 Å². The summed E-state index contributed by atoms with van der Waals surface area (Å²) in [6.45, 7) is 0.364. The Hall–Kier alpha value is -3.36. The summed E-state index contributed by atoms with van der Waals surface area (Å²) in [6, 6.07) is 29.9. The van der Waals surface area contributed by atoms with Gasteiger partial charge in [-0.1, -0.05) is 6.07 Å². The molecule has 0 spiro atoms. The molecular weight excluding hydrogens is 604 g/mol. The second-order valence-corrected chi connectivity index (χ2v) is 13.1. The van der Waals surface area contributed by atoms with E-state index in [0.29, 0.717) is 23.9 Å². The molecule has 0 radical (unpaired) electrons. The number of methoxy groups -OCH3 is 3. The topological polar surface area (TPSA) is 86.3 Å². The molecule has 0 aromatic heterocycles. The molecule has 1 heterocycles. The maximum atomic E-state index is 13.4. The fourth-order valence-electron chi connectivity index (χ4n) is 5.13. The molecule has 0 fully saturated rings. The van der Waals surface area contributed by atoms with E-state index in [2.05, 4.69) is 41.7 Å². The second-order valence-electron chi connectivity index (χ2n) is 9.50. The lowest BCUT2D eigenvalue weighted by molar-refractivity contribution is -0.115. The molecular formula is C31H32BBrNO6P. The number of halogens is 1. The molecule has 212 valence electrons. The van der Waals surface area contributed by atoms with E-state index in [1.54, 1.807) is 27.4 Å². The van der Waals surface area contributed by atoms with Gasteiger partial charge in [-0.15, -0.1) is 0 Å². The van der Waals surface area contributed by atoms with Crippen molar-refractivity contribution in [1.82, 2.24) is 0 Å². The van der Waals surface area contributed by atoms with Crippen molar-refractivity contribution in [3.63, 3.8) is 0 Å². The number of amides is 1. The van der Waals surface area contributed by atoms with Crippen molar-refractivity contribution >= 4 is 47.4 Å². The van der Waals surface area contributed by atoms with Crippen LogP contribution in [0.15, 0.2) is 91.0 Å². The fourth-order valence-corrected chi connectivity index (χ4v) is 9.31. The Bertz CT molecular complexity index is 1350. The minimum atomic E-state index is -2.31. The van der Waals surface area contributed by atoms with E-state index in [0.717, 1.165) is 38.7 Å². The monoisotopic (exact) mass is 635 g/mol. The Labute approximate surface area is 252 Å². The maximum Gasteiger partial charge on any atom is 0.491 e. The Balaban J connectivity index is 0.00000387. The standard InChI is InChI=1S/C31H31BNO6P.BrH/c1-36-24-6-12-27(13-7-24)40(28-14-8-25(37-2)9-15-28,29-16-10-26(38-3)11-17-29)19-18-31(34)33-23-5-4-22-21-39-32(35)30(22)20-23;/h4-17,20,35H,18-19,21H2,1-3H3;1H. The van der Waals surface area contributed by atoms with E-state index >= 15 is 0 Å². The zero-order chi connectivity index (χ0) is 28.1. The summed E-state index contributed by atoms with van der Waals surface area (Å²) in [4.78, 5) is 13.4. The van der Waals surface area contributed by atoms with Crippen LogP contribution in [-0.2, 0) is 16.1 Å². The van der Waals surface area contributed by atoms with Gasteiger partial charge in [-0.3, -0.25) is 4.79 Å². The van der Waals surface area contributed by atoms with Crippen LogP contribution in [0.25, 0.3) is 0 Å². The summed E-state index contributed by atoms with van der Waals surface area (Å²) in [5.74, 6) is 2.21. The van der Waals surface area contributed by atoms with Gasteiger partial charge < -0.3 is 46.2 Å². The first-order valence-electron chi connectivity index (χ1n) is 13.0. The minimum Gasteiger partial charge on any atom is -1.00 e. The molecule has 0 atom stereocenters. The smallest absolute Gasteiger partial charge is 0.491 e. The van der Waals surface area contributed by atoms with Crippen LogP contribution < -0.4 is 57.9 Å². The normalized spacial score (nSPS) is 12.2. The average molecular weight is 636 g/mol. The van der Waals surface area contributed by atoms with Gasteiger partial charge in [0.05, 0.1) is 40.5 Å². The molecule has 1 aliphatic rings. The van der Waals surface area contributed by atoms with Gasteiger partial charge in [0, 0.05) is 5.69 Å². The third kappa shape index (κ3) is 6.44. The van der Waals surface area contributed by atoms with E-state index in [9.17, 15) is 9.82 Å². The van der Waals surface area contributed by atoms with Crippen molar-refractivity contribution in [2.24, 2.45) is 0 Å². The number of ether oxygens (including phenoxy) is 3. The number of rotatable bonds is 10. The summed E-state index contributed by atoms with van der Waals surface area (Å²) in [5.41, 5.74) is 2.25. The van der Waals surface area contributed by atoms with Crippen LogP contribution in [-0.4, -0.2) is 45.5 Å². The minimum absolute atomic E-state index is 0.